The lowest BCUT2D eigenvalue weighted by molar-refractivity contribution is -0.117. The fourth-order valence-electron chi connectivity index (χ4n) is 1.85. The Hall–Kier alpha value is -1.75. The quantitative estimate of drug-likeness (QED) is 0.831. The van der Waals surface area contributed by atoms with Crippen LogP contribution in [0.1, 0.15) is 6.42 Å². The summed E-state index contributed by atoms with van der Waals surface area (Å²) in [4.78, 5) is 11.8. The Balaban J connectivity index is 2.21. The summed E-state index contributed by atoms with van der Waals surface area (Å²) >= 11 is 0. The summed E-state index contributed by atoms with van der Waals surface area (Å²) in [5.41, 5.74) is 1.58. The number of amides is 1. The van der Waals surface area contributed by atoms with Crippen molar-refractivity contribution in [3.8, 4) is 5.75 Å². The second kappa shape index (κ2) is 5.05. The lowest BCUT2D eigenvalue weighted by atomic mass is 10.1. The van der Waals surface area contributed by atoms with Gasteiger partial charge < -0.3 is 20.1 Å². The van der Waals surface area contributed by atoms with Crippen molar-refractivity contribution >= 4 is 17.3 Å². The van der Waals surface area contributed by atoms with Crippen LogP contribution in [-0.2, 0) is 9.53 Å². The predicted molar refractivity (Wildman–Crippen MR) is 65.5 cm³/mol. The van der Waals surface area contributed by atoms with Crippen LogP contribution in [0, 0.1) is 0 Å². The average Bonchev–Trinajstić information content (AvgIpc) is 2.35. The molecular weight excluding hydrogens is 220 g/mol. The maximum Gasteiger partial charge on any atom is 0.247 e. The van der Waals surface area contributed by atoms with Crippen molar-refractivity contribution in [1.82, 2.24) is 0 Å². The van der Waals surface area contributed by atoms with Crippen LogP contribution in [0.4, 0.5) is 11.4 Å². The van der Waals surface area contributed by atoms with E-state index >= 15 is 0 Å². The van der Waals surface area contributed by atoms with Gasteiger partial charge in [0.1, 0.15) is 17.5 Å². The van der Waals surface area contributed by atoms with Crippen molar-refractivity contribution in [2.24, 2.45) is 0 Å². The van der Waals surface area contributed by atoms with Crippen LogP contribution in [0.3, 0.4) is 0 Å². The van der Waals surface area contributed by atoms with Gasteiger partial charge in [0.05, 0.1) is 12.8 Å². The Morgan fingerprint density at radius 3 is 2.88 bits per heavy atom. The first-order valence-corrected chi connectivity index (χ1v) is 5.49. The molecule has 1 aromatic carbocycles. The number of carbonyl (C=O) groups is 1. The number of carbonyl (C=O) groups excluding carboxylic acids is 1. The summed E-state index contributed by atoms with van der Waals surface area (Å²) in [6.45, 7) is 0.546. The number of ether oxygens (including phenoxy) is 2. The highest BCUT2D eigenvalue weighted by atomic mass is 16.5. The Labute approximate surface area is 100 Å². The van der Waals surface area contributed by atoms with Gasteiger partial charge in [-0.05, 0) is 18.6 Å². The molecule has 1 amide bonds. The summed E-state index contributed by atoms with van der Waals surface area (Å²) in [6, 6.07) is 5.36. The number of rotatable bonds is 4. The maximum absolute atomic E-state index is 11.8. The summed E-state index contributed by atoms with van der Waals surface area (Å²) < 4.78 is 10.2. The Bertz CT molecular complexity index is 420. The molecule has 0 fully saturated rings. The minimum atomic E-state index is -0.255. The third kappa shape index (κ3) is 2.34. The molecule has 1 aliphatic heterocycles. The molecule has 1 aliphatic rings. The summed E-state index contributed by atoms with van der Waals surface area (Å²) in [5.74, 6) is 0.604. The van der Waals surface area contributed by atoms with Gasteiger partial charge in [0, 0.05) is 13.7 Å². The SMILES string of the molecule is COCCC1Nc2cccc(OC)c2NC1=O. The van der Waals surface area contributed by atoms with Crippen molar-refractivity contribution in [2.45, 2.75) is 12.5 Å². The molecular formula is C12H16N2O3. The number of anilines is 2. The minimum absolute atomic E-state index is 0.0564. The third-order valence-corrected chi connectivity index (χ3v) is 2.75. The number of nitrogens with one attached hydrogen (secondary N) is 2. The van der Waals surface area contributed by atoms with E-state index in [0.717, 1.165) is 5.69 Å². The van der Waals surface area contributed by atoms with E-state index in [0.29, 0.717) is 24.5 Å². The molecule has 0 aromatic heterocycles. The fraction of sp³-hybridized carbons (Fsp3) is 0.417. The average molecular weight is 236 g/mol. The molecule has 1 aromatic rings. The molecule has 0 bridgehead atoms. The van der Waals surface area contributed by atoms with E-state index < -0.39 is 0 Å². The van der Waals surface area contributed by atoms with Crippen molar-refractivity contribution in [1.29, 1.82) is 0 Å². The van der Waals surface area contributed by atoms with Crippen LogP contribution in [0.25, 0.3) is 0 Å². The molecule has 0 saturated heterocycles. The van der Waals surface area contributed by atoms with E-state index in [1.165, 1.54) is 0 Å². The Kier molecular flexibility index (Phi) is 3.49. The molecule has 92 valence electrons. The molecule has 0 radical (unpaired) electrons. The smallest absolute Gasteiger partial charge is 0.247 e. The normalized spacial score (nSPS) is 18.0. The van der Waals surface area contributed by atoms with E-state index in [9.17, 15) is 4.79 Å². The van der Waals surface area contributed by atoms with Gasteiger partial charge in [0.15, 0.2) is 0 Å². The molecule has 5 heteroatoms. The fourth-order valence-corrected chi connectivity index (χ4v) is 1.85. The summed E-state index contributed by atoms with van der Waals surface area (Å²) in [5, 5.41) is 6.04. The number of hydrogen-bond acceptors (Lipinski definition) is 4. The Morgan fingerprint density at radius 2 is 2.18 bits per heavy atom. The van der Waals surface area contributed by atoms with E-state index in [1.54, 1.807) is 14.2 Å². The molecule has 5 nitrogen and oxygen atoms in total. The van der Waals surface area contributed by atoms with Crippen LogP contribution in [-0.4, -0.2) is 32.8 Å². The number of benzene rings is 1. The van der Waals surface area contributed by atoms with Crippen molar-refractivity contribution < 1.29 is 14.3 Å². The maximum atomic E-state index is 11.8. The second-order valence-electron chi connectivity index (χ2n) is 3.85. The monoisotopic (exact) mass is 236 g/mol. The summed E-state index contributed by atoms with van der Waals surface area (Å²) in [6.07, 6.45) is 0.638. The zero-order chi connectivity index (χ0) is 12.3. The first-order valence-electron chi connectivity index (χ1n) is 5.49. The van der Waals surface area contributed by atoms with Crippen molar-refractivity contribution in [2.75, 3.05) is 31.5 Å². The number of para-hydroxylation sites is 1. The topological polar surface area (TPSA) is 59.6 Å². The lowest BCUT2D eigenvalue weighted by Crippen LogP contribution is -2.39. The van der Waals surface area contributed by atoms with Crippen LogP contribution >= 0.6 is 0 Å². The van der Waals surface area contributed by atoms with Gasteiger partial charge in [-0.2, -0.15) is 0 Å². The van der Waals surface area contributed by atoms with Gasteiger partial charge in [-0.15, -0.1) is 0 Å². The zero-order valence-electron chi connectivity index (χ0n) is 9.95. The van der Waals surface area contributed by atoms with Crippen LogP contribution in [0.15, 0.2) is 18.2 Å². The summed E-state index contributed by atoms with van der Waals surface area (Å²) in [7, 11) is 3.20. The van der Waals surface area contributed by atoms with Gasteiger partial charge in [-0.3, -0.25) is 4.79 Å². The lowest BCUT2D eigenvalue weighted by Gasteiger charge is -2.27. The van der Waals surface area contributed by atoms with E-state index in [1.807, 2.05) is 18.2 Å². The Morgan fingerprint density at radius 1 is 1.35 bits per heavy atom. The molecule has 2 rings (SSSR count). The van der Waals surface area contributed by atoms with E-state index in [-0.39, 0.29) is 11.9 Å². The largest absolute Gasteiger partial charge is 0.494 e. The molecule has 17 heavy (non-hydrogen) atoms. The van der Waals surface area contributed by atoms with Gasteiger partial charge in [-0.1, -0.05) is 6.07 Å². The second-order valence-corrected chi connectivity index (χ2v) is 3.85. The number of fused-ring (bicyclic) bond motifs is 1. The van der Waals surface area contributed by atoms with Gasteiger partial charge in [0.2, 0.25) is 5.91 Å². The van der Waals surface area contributed by atoms with Gasteiger partial charge >= 0.3 is 0 Å². The highest BCUT2D eigenvalue weighted by Gasteiger charge is 2.26. The molecule has 1 heterocycles. The van der Waals surface area contributed by atoms with E-state index in [2.05, 4.69) is 10.6 Å². The molecule has 0 spiro atoms. The predicted octanol–water partition coefficient (Wildman–Crippen LogP) is 1.46. The van der Waals surface area contributed by atoms with Gasteiger partial charge in [-0.25, -0.2) is 0 Å². The van der Waals surface area contributed by atoms with Gasteiger partial charge in [0.25, 0.3) is 0 Å². The van der Waals surface area contributed by atoms with Crippen molar-refractivity contribution in [3.05, 3.63) is 18.2 Å². The van der Waals surface area contributed by atoms with E-state index in [4.69, 9.17) is 9.47 Å². The third-order valence-electron chi connectivity index (χ3n) is 2.75. The first kappa shape index (κ1) is 11.7. The molecule has 1 unspecified atom stereocenters. The van der Waals surface area contributed by atoms with Crippen molar-refractivity contribution in [3.63, 3.8) is 0 Å². The first-order chi connectivity index (χ1) is 8.26. The molecule has 2 N–H and O–H groups in total. The number of hydrogen-bond donors (Lipinski definition) is 2. The molecule has 1 atom stereocenters. The highest BCUT2D eigenvalue weighted by Crippen LogP contribution is 2.35. The zero-order valence-corrected chi connectivity index (χ0v) is 9.95. The van der Waals surface area contributed by atoms with Crippen LogP contribution in [0.2, 0.25) is 0 Å². The highest BCUT2D eigenvalue weighted by molar-refractivity contribution is 6.04. The molecule has 0 saturated carbocycles. The number of methoxy groups -OCH3 is 2. The van der Waals surface area contributed by atoms with Crippen LogP contribution < -0.4 is 15.4 Å². The molecule has 0 aliphatic carbocycles. The standard InChI is InChI=1S/C12H16N2O3/c1-16-7-6-9-12(15)14-11-8(13-9)4-3-5-10(11)17-2/h3-5,9,13H,6-7H2,1-2H3,(H,14,15). The van der Waals surface area contributed by atoms with Crippen LogP contribution in [0.5, 0.6) is 5.75 Å². The minimum Gasteiger partial charge on any atom is -0.494 e.